The van der Waals surface area contributed by atoms with Gasteiger partial charge in [-0.25, -0.2) is 19.7 Å². The second-order valence-electron chi connectivity index (χ2n) is 10.9. The van der Waals surface area contributed by atoms with E-state index in [4.69, 9.17) is 15.6 Å². The monoisotopic (exact) mass is 695 g/mol. The Balaban J connectivity index is 1.90. The van der Waals surface area contributed by atoms with E-state index >= 15 is 0 Å². The molecule has 0 radical (unpaired) electrons. The maximum atomic E-state index is 13.7. The van der Waals surface area contributed by atoms with Crippen molar-refractivity contribution in [2.75, 3.05) is 11.5 Å². The highest BCUT2D eigenvalue weighted by molar-refractivity contribution is 5.89. The number of pyridine rings is 1. The first-order valence-electron chi connectivity index (χ1n) is 14.0. The molecule has 2 atom stereocenters. The number of fused-ring (bicyclic) bond motifs is 1. The Hall–Kier alpha value is -4.68. The predicted molar refractivity (Wildman–Crippen MR) is 147 cm³/mol. The molecule has 0 aliphatic carbocycles. The Morgan fingerprint density at radius 1 is 0.979 bits per heavy atom. The van der Waals surface area contributed by atoms with Crippen molar-refractivity contribution in [3.8, 4) is 5.75 Å². The minimum atomic E-state index is -5.17. The van der Waals surface area contributed by atoms with E-state index in [9.17, 15) is 54.2 Å². The number of amides is 1. The highest BCUT2D eigenvalue weighted by atomic mass is 19.4. The van der Waals surface area contributed by atoms with Crippen molar-refractivity contribution in [1.29, 1.82) is 0 Å². The average molecular weight is 696 g/mol. The van der Waals surface area contributed by atoms with Crippen molar-refractivity contribution in [3.05, 3.63) is 76.1 Å². The minimum absolute atomic E-state index is 0.0572. The largest absolute Gasteiger partial charge is 0.490 e. The van der Waals surface area contributed by atoms with Gasteiger partial charge in [-0.3, -0.25) is 9.69 Å². The van der Waals surface area contributed by atoms with Gasteiger partial charge in [0.1, 0.15) is 17.2 Å². The van der Waals surface area contributed by atoms with E-state index in [2.05, 4.69) is 15.0 Å². The fraction of sp³-hybridized carbons (Fsp3) is 0.414. The number of anilines is 1. The van der Waals surface area contributed by atoms with Crippen molar-refractivity contribution in [2.24, 2.45) is 5.73 Å². The summed E-state index contributed by atoms with van der Waals surface area (Å²) in [6.07, 6.45) is -17.5. The highest BCUT2D eigenvalue weighted by Gasteiger charge is 2.48. The van der Waals surface area contributed by atoms with Gasteiger partial charge in [-0.15, -0.1) is 0 Å². The fourth-order valence-electron chi connectivity index (χ4n) is 5.22. The lowest BCUT2D eigenvalue weighted by Gasteiger charge is -2.45. The van der Waals surface area contributed by atoms with Crippen molar-refractivity contribution in [3.63, 3.8) is 0 Å². The van der Waals surface area contributed by atoms with Crippen LogP contribution < -0.4 is 15.4 Å². The molecule has 48 heavy (non-hydrogen) atoms. The van der Waals surface area contributed by atoms with Gasteiger partial charge in [-0.2, -0.15) is 39.5 Å². The van der Waals surface area contributed by atoms with Crippen LogP contribution in [-0.2, 0) is 29.7 Å². The summed E-state index contributed by atoms with van der Waals surface area (Å²) in [5.74, 6) is -3.10. The summed E-state index contributed by atoms with van der Waals surface area (Å²) in [5, 5.41) is 18.8. The Labute approximate surface area is 265 Å². The van der Waals surface area contributed by atoms with Gasteiger partial charge in [0, 0.05) is 12.8 Å². The van der Waals surface area contributed by atoms with Gasteiger partial charge in [0.2, 0.25) is 0 Å². The molecule has 1 amide bonds. The van der Waals surface area contributed by atoms with Crippen molar-refractivity contribution in [2.45, 2.75) is 69.1 Å². The summed E-state index contributed by atoms with van der Waals surface area (Å²) >= 11 is 0. The van der Waals surface area contributed by atoms with Gasteiger partial charge >= 0.3 is 30.6 Å². The molecule has 4 N–H and O–H groups in total. The summed E-state index contributed by atoms with van der Waals surface area (Å²) in [7, 11) is 0. The third-order valence-corrected chi connectivity index (χ3v) is 7.54. The molecule has 19 heteroatoms. The maximum absolute atomic E-state index is 13.7. The van der Waals surface area contributed by atoms with Gasteiger partial charge in [-0.1, -0.05) is 6.92 Å². The number of carboxylic acid groups (broad SMARTS) is 2. The lowest BCUT2D eigenvalue weighted by molar-refractivity contribution is -0.143. The van der Waals surface area contributed by atoms with E-state index in [0.717, 1.165) is 12.3 Å². The van der Waals surface area contributed by atoms with Crippen LogP contribution in [-0.4, -0.2) is 49.5 Å². The lowest BCUT2D eigenvalue weighted by atomic mass is 9.83. The van der Waals surface area contributed by atoms with Crippen molar-refractivity contribution < 1.29 is 64.1 Å². The third-order valence-electron chi connectivity index (χ3n) is 7.54. The number of aromatic nitrogens is 3. The number of hydrogen-bond acceptors (Lipinski definition) is 7. The molecule has 4 rings (SSSR count). The molecular weight excluding hydrogens is 669 g/mol. The maximum Gasteiger partial charge on any atom is 0.433 e. The summed E-state index contributed by atoms with van der Waals surface area (Å²) in [5.41, 5.74) is -1.48. The molecule has 0 saturated heterocycles. The number of aliphatic carboxylic acids is 1. The SMILES string of the molecule is CC[C@]1(N)C[C@H](c2ncc(OCCCC(=O)O)c(Cc3cc(C(F)(F)F)cc(C(F)(F)F)c3)n2)c2nc(C(F)(F)F)ccc2N1C(=O)O. The molecule has 2 aromatic heterocycles. The van der Waals surface area contributed by atoms with E-state index in [1.54, 1.807) is 0 Å². The zero-order valence-corrected chi connectivity index (χ0v) is 24.7. The second kappa shape index (κ2) is 13.1. The molecule has 0 saturated carbocycles. The first-order chi connectivity index (χ1) is 22.1. The number of benzene rings is 1. The van der Waals surface area contributed by atoms with Crippen LogP contribution in [0, 0.1) is 0 Å². The number of alkyl halides is 9. The van der Waals surface area contributed by atoms with Gasteiger partial charge in [0.15, 0.2) is 5.75 Å². The third kappa shape index (κ3) is 7.88. The zero-order valence-electron chi connectivity index (χ0n) is 24.7. The van der Waals surface area contributed by atoms with E-state index in [1.165, 1.54) is 6.92 Å². The van der Waals surface area contributed by atoms with Gasteiger partial charge in [0.25, 0.3) is 0 Å². The molecule has 1 aliphatic heterocycles. The minimum Gasteiger partial charge on any atom is -0.490 e. The average Bonchev–Trinajstić information content (AvgIpc) is 2.97. The van der Waals surface area contributed by atoms with Crippen LogP contribution in [0.3, 0.4) is 0 Å². The van der Waals surface area contributed by atoms with E-state index < -0.39 is 83.1 Å². The normalized spacial score (nSPS) is 18.4. The number of rotatable bonds is 9. The Morgan fingerprint density at radius 2 is 1.60 bits per heavy atom. The van der Waals surface area contributed by atoms with E-state index in [1.807, 2.05) is 0 Å². The standard InChI is InChI=1S/C29H26F9N5O5/c1-2-26(39)12-17(23-19(43(26)25(46)47)5-6-21(42-23)29(36,37)38)24-40-13-20(48-7-3-4-22(44)45)18(41-24)10-14-8-15(27(30,31)32)11-16(9-14)28(33,34)35/h5-6,8-9,11,13,17H,2-4,7,10,12,39H2,1H3,(H,44,45)(H,46,47)/t17-,26+/m0/s1. The van der Waals surface area contributed by atoms with Crippen LogP contribution in [0.4, 0.5) is 50.0 Å². The quantitative estimate of drug-likeness (QED) is 0.161. The Bertz CT molecular complexity index is 1670. The summed E-state index contributed by atoms with van der Waals surface area (Å²) in [6, 6.07) is 2.28. The molecule has 0 spiro atoms. The summed E-state index contributed by atoms with van der Waals surface area (Å²) < 4.78 is 128. The summed E-state index contributed by atoms with van der Waals surface area (Å²) in [4.78, 5) is 35.9. The number of nitrogens with zero attached hydrogens (tertiary/aromatic N) is 4. The predicted octanol–water partition coefficient (Wildman–Crippen LogP) is 6.85. The number of carboxylic acids is 1. The lowest BCUT2D eigenvalue weighted by Crippen LogP contribution is -2.61. The molecular formula is C29H26F9N5O5. The number of nitrogens with two attached hydrogens (primary N) is 1. The summed E-state index contributed by atoms with van der Waals surface area (Å²) in [6.45, 7) is 1.23. The van der Waals surface area contributed by atoms with Gasteiger partial charge < -0.3 is 20.7 Å². The number of ether oxygens (including phenoxy) is 1. The van der Waals surface area contributed by atoms with Crippen LogP contribution in [0.5, 0.6) is 5.75 Å². The topological polar surface area (TPSA) is 152 Å². The zero-order chi connectivity index (χ0) is 35.8. The first-order valence-corrected chi connectivity index (χ1v) is 14.0. The number of carbonyl (C=O) groups is 2. The molecule has 1 aromatic carbocycles. The second-order valence-corrected chi connectivity index (χ2v) is 10.9. The molecule has 3 aromatic rings. The molecule has 0 fully saturated rings. The molecule has 1 aliphatic rings. The number of halogens is 9. The van der Waals surface area contributed by atoms with E-state index in [0.29, 0.717) is 23.1 Å². The van der Waals surface area contributed by atoms with Gasteiger partial charge in [-0.05, 0) is 55.2 Å². The molecule has 0 bridgehead atoms. The van der Waals surface area contributed by atoms with Crippen LogP contribution in [0.15, 0.2) is 36.5 Å². The smallest absolute Gasteiger partial charge is 0.433 e. The molecule has 3 heterocycles. The van der Waals surface area contributed by atoms with Crippen LogP contribution in [0.2, 0.25) is 0 Å². The van der Waals surface area contributed by atoms with Crippen LogP contribution in [0.1, 0.15) is 78.1 Å². The molecule has 10 nitrogen and oxygen atoms in total. The van der Waals surface area contributed by atoms with Crippen molar-refractivity contribution >= 4 is 17.7 Å². The van der Waals surface area contributed by atoms with Crippen LogP contribution in [0.25, 0.3) is 0 Å². The Kier molecular flexibility index (Phi) is 9.85. The number of hydrogen-bond donors (Lipinski definition) is 3. The fourth-order valence-corrected chi connectivity index (χ4v) is 5.22. The Morgan fingerprint density at radius 3 is 2.12 bits per heavy atom. The van der Waals surface area contributed by atoms with Gasteiger partial charge in [0.05, 0.1) is 46.9 Å². The highest BCUT2D eigenvalue weighted by Crippen LogP contribution is 2.46. The van der Waals surface area contributed by atoms with E-state index in [-0.39, 0.29) is 54.9 Å². The van der Waals surface area contributed by atoms with Crippen molar-refractivity contribution in [1.82, 2.24) is 15.0 Å². The first kappa shape index (κ1) is 36.2. The van der Waals surface area contributed by atoms with Crippen LogP contribution >= 0.6 is 0 Å². The molecule has 0 unspecified atom stereocenters. The molecule has 260 valence electrons.